The number of ether oxygens (including phenoxy) is 4. The number of carbonyl (C=O) groups excluding carboxylic acids is 3. The first-order valence-corrected chi connectivity index (χ1v) is 16.5. The van der Waals surface area contributed by atoms with Crippen LogP contribution in [0.3, 0.4) is 0 Å². The summed E-state index contributed by atoms with van der Waals surface area (Å²) in [5.74, 6) is 0.105. The number of esters is 1. The Morgan fingerprint density at radius 3 is 2.61 bits per heavy atom. The Morgan fingerprint density at radius 2 is 1.91 bits per heavy atom. The Bertz CT molecular complexity index is 1470. The number of carbonyl (C=O) groups is 3. The monoisotopic (exact) mass is 636 g/mol. The number of amides is 2. The number of methoxy groups -OCH3 is 1. The molecule has 0 radical (unpaired) electrons. The molecular formula is C35H48N4O7. The zero-order valence-corrected chi connectivity index (χ0v) is 28.1. The molecule has 46 heavy (non-hydrogen) atoms. The van der Waals surface area contributed by atoms with Gasteiger partial charge >= 0.3 is 12.1 Å². The van der Waals surface area contributed by atoms with Crippen LogP contribution in [0.25, 0.3) is 17.1 Å². The molecule has 11 nitrogen and oxygen atoms in total. The lowest BCUT2D eigenvalue weighted by atomic mass is 9.85. The molecule has 3 aliphatic rings. The third kappa shape index (κ3) is 7.56. The van der Waals surface area contributed by atoms with E-state index in [1.807, 2.05) is 59.8 Å². The van der Waals surface area contributed by atoms with Crippen molar-refractivity contribution < 1.29 is 33.3 Å². The van der Waals surface area contributed by atoms with Crippen LogP contribution in [-0.2, 0) is 19.1 Å². The number of nitrogens with one attached hydrogen (secondary N) is 1. The normalized spacial score (nSPS) is 27.8. The zero-order chi connectivity index (χ0) is 33.2. The second-order valence-electron chi connectivity index (χ2n) is 14.2. The Kier molecular flexibility index (Phi) is 10.1. The van der Waals surface area contributed by atoms with Crippen molar-refractivity contribution in [3.05, 3.63) is 30.0 Å². The molecule has 1 aromatic heterocycles. The molecule has 6 atom stereocenters. The van der Waals surface area contributed by atoms with Crippen molar-refractivity contribution in [3.63, 3.8) is 0 Å². The number of hydrogen-bond donors (Lipinski definition) is 1. The molecule has 1 saturated carbocycles. The minimum Gasteiger partial charge on any atom is -0.497 e. The lowest BCUT2D eigenvalue weighted by Crippen LogP contribution is -2.57. The first-order chi connectivity index (χ1) is 21.9. The zero-order valence-electron chi connectivity index (χ0n) is 28.1. The van der Waals surface area contributed by atoms with E-state index in [1.165, 1.54) is 4.90 Å². The van der Waals surface area contributed by atoms with Crippen LogP contribution in [0.5, 0.6) is 11.6 Å². The molecule has 11 heteroatoms. The maximum atomic E-state index is 14.4. The highest BCUT2D eigenvalue weighted by Crippen LogP contribution is 2.39. The predicted molar refractivity (Wildman–Crippen MR) is 173 cm³/mol. The van der Waals surface area contributed by atoms with E-state index in [4.69, 9.17) is 28.9 Å². The fourth-order valence-electron chi connectivity index (χ4n) is 6.31. The van der Waals surface area contributed by atoms with Crippen molar-refractivity contribution in [3.8, 4) is 11.6 Å². The van der Waals surface area contributed by atoms with Crippen molar-refractivity contribution in [1.82, 2.24) is 20.2 Å². The Labute approximate surface area is 271 Å². The van der Waals surface area contributed by atoms with E-state index >= 15 is 0 Å². The van der Waals surface area contributed by atoms with Gasteiger partial charge in [-0.05, 0) is 67.6 Å². The maximum absolute atomic E-state index is 14.4. The summed E-state index contributed by atoms with van der Waals surface area (Å²) < 4.78 is 23.5. The lowest BCUT2D eigenvalue weighted by molar-refractivity contribution is -0.157. The lowest BCUT2D eigenvalue weighted by Gasteiger charge is -2.35. The fraction of sp³-hybridized carbons (Fsp3) is 0.629. The molecule has 2 amide bonds. The summed E-state index contributed by atoms with van der Waals surface area (Å²) in [6, 6.07) is 3.65. The molecule has 1 N–H and O–H groups in total. The summed E-state index contributed by atoms with van der Waals surface area (Å²) in [5, 5.41) is 2.85. The van der Waals surface area contributed by atoms with Crippen molar-refractivity contribution in [2.24, 2.45) is 23.2 Å². The Hall–Kier alpha value is -3.89. The Morgan fingerprint density at radius 1 is 1.13 bits per heavy atom. The van der Waals surface area contributed by atoms with Gasteiger partial charge in [-0.15, -0.1) is 0 Å². The maximum Gasteiger partial charge on any atom is 0.408 e. The minimum absolute atomic E-state index is 0.105. The van der Waals surface area contributed by atoms with Gasteiger partial charge in [-0.1, -0.05) is 47.6 Å². The first kappa shape index (κ1) is 33.5. The highest BCUT2D eigenvalue weighted by Gasteiger charge is 2.52. The van der Waals surface area contributed by atoms with Crippen LogP contribution in [0, 0.1) is 23.2 Å². The SMILES string of the molecule is CC[C@@H]1[C@@H]2CN(C(=O)[C@H](C(C)(C)C)NC(=O)O[C@@H]3C[C@H]3CCC/C=C/c3nc4ccc(OC)cc4nc3O2)[C@@H]1C(=O)OCC(C)C. The molecule has 0 unspecified atom stereocenters. The summed E-state index contributed by atoms with van der Waals surface area (Å²) in [7, 11) is 1.60. The number of aromatic nitrogens is 2. The van der Waals surface area contributed by atoms with Crippen LogP contribution in [0.15, 0.2) is 24.3 Å². The van der Waals surface area contributed by atoms with Crippen molar-refractivity contribution >= 4 is 35.1 Å². The highest BCUT2D eigenvalue weighted by molar-refractivity contribution is 5.91. The van der Waals surface area contributed by atoms with E-state index in [2.05, 4.69) is 11.4 Å². The van der Waals surface area contributed by atoms with Crippen LogP contribution in [0.4, 0.5) is 4.79 Å². The molecule has 250 valence electrons. The smallest absolute Gasteiger partial charge is 0.408 e. The van der Waals surface area contributed by atoms with Gasteiger partial charge in [0.1, 0.15) is 35.7 Å². The molecule has 1 aromatic carbocycles. The van der Waals surface area contributed by atoms with Gasteiger partial charge in [0.05, 0.1) is 31.3 Å². The fourth-order valence-corrected chi connectivity index (χ4v) is 6.31. The largest absolute Gasteiger partial charge is 0.497 e. The van der Waals surface area contributed by atoms with E-state index in [0.717, 1.165) is 25.7 Å². The van der Waals surface area contributed by atoms with Crippen LogP contribution in [0.2, 0.25) is 0 Å². The summed E-state index contributed by atoms with van der Waals surface area (Å²) in [4.78, 5) is 52.5. The second-order valence-corrected chi connectivity index (χ2v) is 14.2. The third-order valence-corrected chi connectivity index (χ3v) is 8.99. The molecule has 2 bridgehead atoms. The van der Waals surface area contributed by atoms with Crippen LogP contribution >= 0.6 is 0 Å². The molecule has 1 saturated heterocycles. The second kappa shape index (κ2) is 13.8. The van der Waals surface area contributed by atoms with Crippen molar-refractivity contribution in [1.29, 1.82) is 0 Å². The van der Waals surface area contributed by atoms with Crippen LogP contribution in [-0.4, -0.2) is 77.4 Å². The van der Waals surface area contributed by atoms with Gasteiger partial charge in [0.25, 0.3) is 0 Å². The van der Waals surface area contributed by atoms with E-state index in [0.29, 0.717) is 40.7 Å². The van der Waals surface area contributed by atoms with Crippen LogP contribution < -0.4 is 14.8 Å². The van der Waals surface area contributed by atoms with Crippen molar-refractivity contribution in [2.75, 3.05) is 20.3 Å². The summed E-state index contributed by atoms with van der Waals surface area (Å²) in [6.45, 7) is 11.9. The van der Waals surface area contributed by atoms with E-state index < -0.39 is 41.6 Å². The number of hydrogen-bond acceptors (Lipinski definition) is 9. The van der Waals surface area contributed by atoms with E-state index in [1.54, 1.807) is 13.2 Å². The van der Waals surface area contributed by atoms with Crippen LogP contribution in [0.1, 0.15) is 79.3 Å². The summed E-state index contributed by atoms with van der Waals surface area (Å²) in [5.41, 5.74) is 1.20. The molecule has 2 aliphatic heterocycles. The van der Waals surface area contributed by atoms with Gasteiger partial charge in [-0.2, -0.15) is 0 Å². The molecule has 2 fully saturated rings. The minimum atomic E-state index is -0.945. The van der Waals surface area contributed by atoms with Gasteiger partial charge in [-0.3, -0.25) is 4.79 Å². The molecule has 3 heterocycles. The molecular weight excluding hydrogens is 588 g/mol. The van der Waals surface area contributed by atoms with Gasteiger partial charge in [0.15, 0.2) is 0 Å². The summed E-state index contributed by atoms with van der Waals surface area (Å²) in [6.07, 6.45) is 6.61. The Balaban J connectivity index is 1.57. The third-order valence-electron chi connectivity index (χ3n) is 8.99. The molecule has 5 rings (SSSR count). The van der Waals surface area contributed by atoms with Crippen molar-refractivity contribution in [2.45, 2.75) is 97.9 Å². The predicted octanol–water partition coefficient (Wildman–Crippen LogP) is 5.55. The summed E-state index contributed by atoms with van der Waals surface area (Å²) >= 11 is 0. The number of nitrogens with zero attached hydrogens (tertiary/aromatic N) is 3. The molecule has 0 spiro atoms. The van der Waals surface area contributed by atoms with Gasteiger partial charge in [0.2, 0.25) is 11.8 Å². The number of benzene rings is 1. The standard InChI is InChI=1S/C35H48N4O7/c1-8-23-28-18-39(29(23)33(41)44-19-20(2)3)32(40)30(35(4,5)6)38-34(42)46-27-16-21(27)12-10-9-11-13-25-31(45-28)37-26-17-22(43-7)14-15-24(26)36-25/h11,13-15,17,20-21,23,27-30H,8-10,12,16,18-19H2,1-7H3,(H,38,42)/b13-11+/t21-,23-,27-,28+,29+,30-/m1/s1. The number of allylic oxidation sites excluding steroid dienone is 1. The number of rotatable bonds is 5. The van der Waals surface area contributed by atoms with Gasteiger partial charge in [0, 0.05) is 12.0 Å². The van der Waals surface area contributed by atoms with Gasteiger partial charge in [-0.25, -0.2) is 19.6 Å². The molecule has 1 aliphatic carbocycles. The van der Waals surface area contributed by atoms with E-state index in [9.17, 15) is 14.4 Å². The number of alkyl carbamates (subject to hydrolysis) is 1. The average Bonchev–Trinajstić information content (AvgIpc) is 3.63. The highest BCUT2D eigenvalue weighted by atomic mass is 16.6. The topological polar surface area (TPSA) is 129 Å². The van der Waals surface area contributed by atoms with Gasteiger partial charge < -0.3 is 29.2 Å². The first-order valence-electron chi connectivity index (χ1n) is 16.5. The average molecular weight is 637 g/mol. The quantitative estimate of drug-likeness (QED) is 0.420. The molecule has 2 aromatic rings. The number of fused-ring (bicyclic) bond motifs is 5. The van der Waals surface area contributed by atoms with E-state index in [-0.39, 0.29) is 31.1 Å².